The number of rotatable bonds is 8. The van der Waals surface area contributed by atoms with E-state index in [1.54, 1.807) is 0 Å². The van der Waals surface area contributed by atoms with E-state index in [0.717, 1.165) is 0 Å². The highest BCUT2D eigenvalue weighted by molar-refractivity contribution is 7.80. The van der Waals surface area contributed by atoms with Gasteiger partial charge >= 0.3 is 0 Å². The molecule has 36 heavy (non-hydrogen) atoms. The average molecular weight is 508 g/mol. The molecule has 0 heterocycles. The lowest BCUT2D eigenvalue weighted by Crippen LogP contribution is -2.22. The summed E-state index contributed by atoms with van der Waals surface area (Å²) < 4.78 is 28.9. The first-order valence-electron chi connectivity index (χ1n) is 11.7. The minimum atomic E-state index is -3.18. The van der Waals surface area contributed by atoms with Crippen LogP contribution in [0.3, 0.4) is 0 Å². The molecule has 5 rings (SSSR count). The van der Waals surface area contributed by atoms with Gasteiger partial charge in [0.25, 0.3) is 0 Å². The van der Waals surface area contributed by atoms with Crippen molar-refractivity contribution in [2.75, 3.05) is 10.2 Å². The molecule has 178 valence electrons. The molecule has 0 spiro atoms. The van der Waals surface area contributed by atoms with Crippen molar-refractivity contribution in [1.82, 2.24) is 0 Å². The predicted octanol–water partition coefficient (Wildman–Crippen LogP) is 6.37. The Balaban J connectivity index is 1.53. The Bertz CT molecular complexity index is 1330. The van der Waals surface area contributed by atoms with Crippen LogP contribution in [0.25, 0.3) is 0 Å². The fourth-order valence-electron chi connectivity index (χ4n) is 4.13. The summed E-state index contributed by atoms with van der Waals surface area (Å²) in [5.41, 5.74) is 1.34. The molecule has 0 saturated heterocycles. The number of hydrogen-bond acceptors (Lipinski definition) is 2. The fraction of sp³-hybridized carbons (Fsp3) is 0. The van der Waals surface area contributed by atoms with E-state index in [0.29, 0.717) is 32.6 Å². The maximum atomic E-state index is 14.4. The molecule has 0 aromatic heterocycles. The smallest absolute Gasteiger partial charge is 0.227 e. The highest BCUT2D eigenvalue weighted by atomic mass is 31.2. The Morgan fingerprint density at radius 1 is 0.361 bits per heavy atom. The van der Waals surface area contributed by atoms with Gasteiger partial charge in [0.15, 0.2) is 0 Å². The summed E-state index contributed by atoms with van der Waals surface area (Å²) in [5.74, 6) is 0. The molecule has 0 unspecified atom stereocenters. The molecule has 0 radical (unpaired) electrons. The van der Waals surface area contributed by atoms with Gasteiger partial charge in [-0.25, -0.2) is 0 Å². The fourth-order valence-corrected chi connectivity index (χ4v) is 8.62. The minimum Gasteiger partial charge on any atom is -0.329 e. The summed E-state index contributed by atoms with van der Waals surface area (Å²) in [6.45, 7) is 0. The first-order valence-corrected chi connectivity index (χ1v) is 15.1. The lowest BCUT2D eigenvalue weighted by Gasteiger charge is -2.24. The summed E-state index contributed by atoms with van der Waals surface area (Å²) >= 11 is 0. The van der Waals surface area contributed by atoms with Crippen molar-refractivity contribution in [3.63, 3.8) is 0 Å². The maximum Gasteiger partial charge on any atom is 0.227 e. The topological polar surface area (TPSA) is 58.2 Å². The molecule has 6 heteroatoms. The SMILES string of the molecule is O=P(Nc1cccc(NP(=O)(c2ccccc2)c2ccccc2)c1)(c1ccccc1)c1ccccc1. The van der Waals surface area contributed by atoms with Crippen molar-refractivity contribution in [3.8, 4) is 0 Å². The largest absolute Gasteiger partial charge is 0.329 e. The third kappa shape index (κ3) is 4.93. The van der Waals surface area contributed by atoms with E-state index in [2.05, 4.69) is 10.2 Å². The van der Waals surface area contributed by atoms with Crippen molar-refractivity contribution in [2.45, 2.75) is 0 Å². The van der Waals surface area contributed by atoms with Gasteiger partial charge in [0.1, 0.15) is 0 Å². The zero-order valence-corrected chi connectivity index (χ0v) is 21.4. The summed E-state index contributed by atoms with van der Waals surface area (Å²) in [7, 11) is -6.36. The van der Waals surface area contributed by atoms with Gasteiger partial charge in [0.05, 0.1) is 0 Å². The first-order chi connectivity index (χ1) is 17.6. The Labute approximate surface area is 211 Å². The predicted molar refractivity (Wildman–Crippen MR) is 153 cm³/mol. The molecule has 4 nitrogen and oxygen atoms in total. The van der Waals surface area contributed by atoms with Crippen LogP contribution < -0.4 is 31.4 Å². The number of benzene rings is 5. The molecule has 0 aliphatic carbocycles. The Morgan fingerprint density at radius 2 is 0.639 bits per heavy atom. The third-order valence-corrected chi connectivity index (χ3v) is 11.2. The molecule has 2 N–H and O–H groups in total. The van der Waals surface area contributed by atoms with Crippen molar-refractivity contribution in [2.24, 2.45) is 0 Å². The van der Waals surface area contributed by atoms with Crippen LogP contribution in [0, 0.1) is 0 Å². The van der Waals surface area contributed by atoms with Gasteiger partial charge in [-0.2, -0.15) is 0 Å². The molecular formula is C30H26N2O2P2. The second kappa shape index (κ2) is 10.4. The van der Waals surface area contributed by atoms with E-state index in [9.17, 15) is 9.13 Å². The molecule has 0 bridgehead atoms. The van der Waals surface area contributed by atoms with Crippen LogP contribution in [0.4, 0.5) is 11.4 Å². The zero-order chi connectivity index (χ0) is 24.8. The summed E-state index contributed by atoms with van der Waals surface area (Å²) in [4.78, 5) is 0. The number of anilines is 2. The van der Waals surface area contributed by atoms with Crippen LogP contribution in [0.5, 0.6) is 0 Å². The zero-order valence-electron chi connectivity index (χ0n) is 19.6. The van der Waals surface area contributed by atoms with Crippen LogP contribution in [0.2, 0.25) is 0 Å². The normalized spacial score (nSPS) is 11.6. The number of nitrogens with one attached hydrogen (secondary N) is 2. The van der Waals surface area contributed by atoms with Crippen LogP contribution in [0.1, 0.15) is 0 Å². The van der Waals surface area contributed by atoms with E-state index in [-0.39, 0.29) is 0 Å². The lowest BCUT2D eigenvalue weighted by molar-refractivity contribution is 0.589. The summed E-state index contributed by atoms with van der Waals surface area (Å²) in [6, 6.07) is 45.2. The summed E-state index contributed by atoms with van der Waals surface area (Å²) in [5, 5.41) is 9.51. The van der Waals surface area contributed by atoms with Gasteiger partial charge in [-0.15, -0.1) is 0 Å². The molecule has 5 aromatic rings. The van der Waals surface area contributed by atoms with Crippen LogP contribution in [0.15, 0.2) is 146 Å². The van der Waals surface area contributed by atoms with E-state index in [4.69, 9.17) is 0 Å². The molecule has 0 fully saturated rings. The quantitative estimate of drug-likeness (QED) is 0.239. The monoisotopic (exact) mass is 508 g/mol. The molecule has 0 saturated carbocycles. The number of hydrogen-bond donors (Lipinski definition) is 2. The average Bonchev–Trinajstić information content (AvgIpc) is 2.95. The Kier molecular flexibility index (Phi) is 6.91. The van der Waals surface area contributed by atoms with Crippen molar-refractivity contribution >= 4 is 47.2 Å². The van der Waals surface area contributed by atoms with Crippen LogP contribution in [-0.2, 0) is 9.13 Å². The van der Waals surface area contributed by atoms with E-state index in [1.807, 2.05) is 146 Å². The van der Waals surface area contributed by atoms with E-state index in [1.165, 1.54) is 0 Å². The first kappa shape index (κ1) is 23.9. The lowest BCUT2D eigenvalue weighted by atomic mass is 10.3. The van der Waals surface area contributed by atoms with Crippen LogP contribution in [-0.4, -0.2) is 0 Å². The maximum absolute atomic E-state index is 14.4. The highest BCUT2D eigenvalue weighted by Crippen LogP contribution is 2.46. The molecule has 0 aliphatic heterocycles. The van der Waals surface area contributed by atoms with Crippen molar-refractivity contribution in [1.29, 1.82) is 0 Å². The van der Waals surface area contributed by atoms with Gasteiger partial charge < -0.3 is 10.2 Å². The molecule has 0 amide bonds. The minimum absolute atomic E-state index is 0.670. The van der Waals surface area contributed by atoms with Gasteiger partial charge in [0.2, 0.25) is 14.6 Å². The molecule has 0 aliphatic rings. The van der Waals surface area contributed by atoms with Crippen molar-refractivity contribution < 1.29 is 9.13 Å². The second-order valence-corrected chi connectivity index (χ2v) is 13.3. The van der Waals surface area contributed by atoms with E-state index < -0.39 is 14.6 Å². The second-order valence-electron chi connectivity index (χ2n) is 8.37. The van der Waals surface area contributed by atoms with Gasteiger partial charge in [-0.3, -0.25) is 9.13 Å². The summed E-state index contributed by atoms with van der Waals surface area (Å²) in [6.07, 6.45) is 0. The molecular weight excluding hydrogens is 482 g/mol. The van der Waals surface area contributed by atoms with Crippen LogP contribution >= 0.6 is 14.6 Å². The van der Waals surface area contributed by atoms with E-state index >= 15 is 0 Å². The van der Waals surface area contributed by atoms with Gasteiger partial charge in [0, 0.05) is 32.6 Å². The Hall–Kier alpha value is -3.84. The molecule has 0 atom stereocenters. The highest BCUT2D eigenvalue weighted by Gasteiger charge is 2.29. The third-order valence-electron chi connectivity index (χ3n) is 5.91. The Morgan fingerprint density at radius 3 is 0.917 bits per heavy atom. The van der Waals surface area contributed by atoms with Gasteiger partial charge in [-0.05, 0) is 66.7 Å². The molecule has 5 aromatic carbocycles. The standard InChI is InChI=1S/C30H26N2O2P2/c33-35(27-16-5-1-6-17-27,28-18-7-2-8-19-28)31-25-14-13-15-26(24-25)32-36(34,29-20-9-3-10-21-29)30-22-11-4-12-23-30/h1-24H,(H,31,33)(H,32,34). The van der Waals surface area contributed by atoms with Crippen molar-refractivity contribution in [3.05, 3.63) is 146 Å². The van der Waals surface area contributed by atoms with Gasteiger partial charge in [-0.1, -0.05) is 78.9 Å².